The topological polar surface area (TPSA) is 175 Å². The number of hydrogen-bond acceptors (Lipinski definition) is 8. The Hall–Kier alpha value is -5.58. The summed E-state index contributed by atoms with van der Waals surface area (Å²) in [6.45, 7) is 8.72. The minimum atomic E-state index is -0.701. The summed E-state index contributed by atoms with van der Waals surface area (Å²) >= 11 is 0. The smallest absolute Gasteiger partial charge is 0.407 e. The van der Waals surface area contributed by atoms with E-state index < -0.39 is 24.3 Å². The van der Waals surface area contributed by atoms with Gasteiger partial charge in [0.05, 0.1) is 48.4 Å². The van der Waals surface area contributed by atoms with Gasteiger partial charge in [-0.2, -0.15) is 0 Å². The molecule has 6 rings (SSSR count). The minimum Gasteiger partial charge on any atom is -0.453 e. The molecule has 2 saturated heterocycles. The molecule has 4 atom stereocenters. The van der Waals surface area contributed by atoms with Crippen LogP contribution in [0.25, 0.3) is 22.1 Å². The van der Waals surface area contributed by atoms with Crippen LogP contribution in [0.1, 0.15) is 88.2 Å². The zero-order valence-electron chi connectivity index (χ0n) is 30.4. The van der Waals surface area contributed by atoms with Crippen molar-refractivity contribution in [1.29, 1.82) is 0 Å². The fourth-order valence-corrected chi connectivity index (χ4v) is 7.05. The Labute approximate surface area is 302 Å². The van der Waals surface area contributed by atoms with Crippen molar-refractivity contribution in [2.75, 3.05) is 27.3 Å². The van der Waals surface area contributed by atoms with Crippen molar-refractivity contribution >= 4 is 46.1 Å². The lowest BCUT2D eigenvalue weighted by Gasteiger charge is -2.29. The van der Waals surface area contributed by atoms with Crippen molar-refractivity contribution in [3.8, 4) is 11.8 Å². The van der Waals surface area contributed by atoms with E-state index in [4.69, 9.17) is 19.4 Å². The molecular formula is C38H46N8O6. The molecule has 2 aliphatic rings. The summed E-state index contributed by atoms with van der Waals surface area (Å²) in [5.74, 6) is 7.35. The number of H-pyrrole nitrogens is 2. The molecule has 4 heterocycles. The van der Waals surface area contributed by atoms with Crippen LogP contribution in [0, 0.1) is 23.7 Å². The van der Waals surface area contributed by atoms with Gasteiger partial charge in [0, 0.05) is 24.2 Å². The minimum absolute atomic E-state index is 0.116. The van der Waals surface area contributed by atoms with E-state index in [1.807, 2.05) is 64.1 Å². The van der Waals surface area contributed by atoms with E-state index in [1.54, 1.807) is 9.80 Å². The number of hydrogen-bond donors (Lipinski definition) is 4. The number of nitrogens with one attached hydrogen (secondary N) is 4. The maximum atomic E-state index is 13.5. The molecule has 0 saturated carbocycles. The zero-order valence-corrected chi connectivity index (χ0v) is 30.4. The number of aromatic amines is 2. The first kappa shape index (κ1) is 36.2. The molecule has 0 aliphatic carbocycles. The number of imidazole rings is 2. The number of carbonyl (C=O) groups excluding carboxylic acids is 4. The Kier molecular flexibility index (Phi) is 10.7. The summed E-state index contributed by atoms with van der Waals surface area (Å²) in [7, 11) is 2.57. The molecule has 52 heavy (non-hydrogen) atoms. The van der Waals surface area contributed by atoms with Gasteiger partial charge in [-0.05, 0) is 73.9 Å². The van der Waals surface area contributed by atoms with Gasteiger partial charge in [-0.3, -0.25) is 9.59 Å². The number of methoxy groups -OCH3 is 2. The number of aromatic nitrogens is 4. The van der Waals surface area contributed by atoms with Gasteiger partial charge in [0.15, 0.2) is 0 Å². The summed E-state index contributed by atoms with van der Waals surface area (Å²) in [5, 5.41) is 5.37. The fourth-order valence-electron chi connectivity index (χ4n) is 7.05. The molecule has 0 spiro atoms. The van der Waals surface area contributed by atoms with Crippen LogP contribution in [0.2, 0.25) is 0 Å². The Morgan fingerprint density at radius 2 is 1.12 bits per heavy atom. The van der Waals surface area contributed by atoms with E-state index in [1.165, 1.54) is 14.2 Å². The summed E-state index contributed by atoms with van der Waals surface area (Å²) in [6.07, 6.45) is 1.92. The first-order chi connectivity index (χ1) is 25.0. The van der Waals surface area contributed by atoms with E-state index in [0.29, 0.717) is 24.7 Å². The molecule has 14 nitrogen and oxygen atoms in total. The maximum absolute atomic E-state index is 13.5. The lowest BCUT2D eigenvalue weighted by molar-refractivity contribution is -0.136. The molecule has 4 aromatic rings. The van der Waals surface area contributed by atoms with Gasteiger partial charge in [-0.15, -0.1) is 0 Å². The molecule has 4 amide bonds. The van der Waals surface area contributed by atoms with E-state index in [0.717, 1.165) is 58.9 Å². The summed E-state index contributed by atoms with van der Waals surface area (Å²) in [5.41, 5.74) is 4.76. The lowest BCUT2D eigenvalue weighted by Crippen LogP contribution is -2.51. The molecule has 2 aromatic heterocycles. The highest BCUT2D eigenvalue weighted by Gasteiger charge is 2.39. The molecule has 0 unspecified atom stereocenters. The van der Waals surface area contributed by atoms with Gasteiger partial charge >= 0.3 is 12.2 Å². The number of amides is 4. The van der Waals surface area contributed by atoms with Gasteiger partial charge in [-0.1, -0.05) is 39.5 Å². The highest BCUT2D eigenvalue weighted by Crippen LogP contribution is 2.34. The number of ether oxygens (including phenoxy) is 2. The van der Waals surface area contributed by atoms with E-state index in [-0.39, 0.29) is 35.7 Å². The summed E-state index contributed by atoms with van der Waals surface area (Å²) < 4.78 is 9.50. The van der Waals surface area contributed by atoms with E-state index >= 15 is 0 Å². The van der Waals surface area contributed by atoms with Crippen molar-refractivity contribution in [3.05, 3.63) is 59.2 Å². The number of fused-ring (bicyclic) bond motifs is 2. The predicted octanol–water partition coefficient (Wildman–Crippen LogP) is 4.93. The Morgan fingerprint density at radius 3 is 1.48 bits per heavy atom. The number of benzene rings is 2. The van der Waals surface area contributed by atoms with Gasteiger partial charge in [0.25, 0.3) is 0 Å². The quantitative estimate of drug-likeness (QED) is 0.186. The third kappa shape index (κ3) is 7.54. The molecule has 274 valence electrons. The van der Waals surface area contributed by atoms with Gasteiger partial charge in [0.1, 0.15) is 23.7 Å². The molecule has 2 aromatic carbocycles. The van der Waals surface area contributed by atoms with E-state index in [9.17, 15) is 19.2 Å². The maximum Gasteiger partial charge on any atom is 0.407 e. The molecule has 0 radical (unpaired) electrons. The Bertz CT molecular complexity index is 1900. The number of rotatable bonds is 8. The second-order valence-corrected chi connectivity index (χ2v) is 14.1. The summed E-state index contributed by atoms with van der Waals surface area (Å²) in [6, 6.07) is 9.72. The van der Waals surface area contributed by atoms with Crippen molar-refractivity contribution in [3.63, 3.8) is 0 Å². The highest BCUT2D eigenvalue weighted by molar-refractivity contribution is 5.87. The van der Waals surface area contributed by atoms with Crippen molar-refractivity contribution in [2.45, 2.75) is 77.5 Å². The number of likely N-dealkylation sites (tertiary alicyclic amines) is 2. The van der Waals surface area contributed by atoms with Crippen LogP contribution in [0.5, 0.6) is 0 Å². The first-order valence-electron chi connectivity index (χ1n) is 17.8. The normalized spacial score (nSPS) is 18.4. The van der Waals surface area contributed by atoms with Gasteiger partial charge in [-0.25, -0.2) is 19.6 Å². The van der Waals surface area contributed by atoms with Crippen LogP contribution < -0.4 is 10.6 Å². The third-order valence-corrected chi connectivity index (χ3v) is 9.84. The monoisotopic (exact) mass is 710 g/mol. The van der Waals surface area contributed by atoms with Crippen LogP contribution in [0.15, 0.2) is 36.4 Å². The third-order valence-electron chi connectivity index (χ3n) is 9.84. The Balaban J connectivity index is 1.17. The number of nitrogens with zero attached hydrogens (tertiary/aromatic N) is 4. The second-order valence-electron chi connectivity index (χ2n) is 14.1. The van der Waals surface area contributed by atoms with Gasteiger partial charge in [0.2, 0.25) is 11.8 Å². The van der Waals surface area contributed by atoms with Crippen LogP contribution in [0.4, 0.5) is 9.59 Å². The molecule has 2 fully saturated rings. The predicted molar refractivity (Wildman–Crippen MR) is 194 cm³/mol. The van der Waals surface area contributed by atoms with E-state index in [2.05, 4.69) is 32.4 Å². The molecule has 4 N–H and O–H groups in total. The zero-order chi connectivity index (χ0) is 37.1. The first-order valence-corrected chi connectivity index (χ1v) is 17.8. The standard InChI is InChI=1S/C38H46N8O6/c1-21(2)31(43-37(49)51-5)35(47)45-17-7-9-29(45)33-39-25-15-13-23(19-27(25)41-33)11-12-24-14-16-26-28(20-24)42-34(40-26)30-10-8-18-46(30)36(48)32(22(3)4)44-38(50)52-6/h13-16,19-22,29-32H,7-10,17-18H2,1-6H3,(H,39,41)(H,40,42)(H,43,49)(H,44,50)/t29-,30+,31-,32-/m0/s1. The largest absolute Gasteiger partial charge is 0.453 e. The average Bonchev–Trinajstić information content (AvgIpc) is 3.95. The molecule has 0 bridgehead atoms. The molecular weight excluding hydrogens is 664 g/mol. The SMILES string of the molecule is COC(=O)N[C@H](C(=O)N1CCC[C@@H]1c1nc2cc(C#Cc3ccc4[nH]c([C@@H]5CCCN5C(=O)[C@@H](NC(=O)OC)C(C)C)nc4c3)ccc2[nH]1)C(C)C. The van der Waals surface area contributed by atoms with Crippen molar-refractivity contribution < 1.29 is 28.7 Å². The number of alkyl carbamates (subject to hydrolysis) is 2. The Morgan fingerprint density at radius 1 is 0.712 bits per heavy atom. The second kappa shape index (κ2) is 15.3. The van der Waals surface area contributed by atoms with Crippen LogP contribution >= 0.6 is 0 Å². The van der Waals surface area contributed by atoms with Gasteiger partial charge < -0.3 is 39.9 Å². The number of carbonyl (C=O) groups is 4. The highest BCUT2D eigenvalue weighted by atomic mass is 16.5. The van der Waals surface area contributed by atoms with Crippen molar-refractivity contribution in [2.24, 2.45) is 11.8 Å². The average molecular weight is 711 g/mol. The van der Waals surface area contributed by atoms with Crippen LogP contribution in [-0.2, 0) is 19.1 Å². The van der Waals surface area contributed by atoms with Crippen molar-refractivity contribution in [1.82, 2.24) is 40.4 Å². The van der Waals surface area contributed by atoms with Crippen LogP contribution in [-0.4, -0.2) is 93.1 Å². The fraction of sp³-hybridized carbons (Fsp3) is 0.474. The lowest BCUT2D eigenvalue weighted by atomic mass is 10.0. The van der Waals surface area contributed by atoms with Crippen LogP contribution in [0.3, 0.4) is 0 Å². The molecule has 14 heteroatoms. The summed E-state index contributed by atoms with van der Waals surface area (Å²) in [4.78, 5) is 71.1. The molecule has 2 aliphatic heterocycles.